The van der Waals surface area contributed by atoms with Gasteiger partial charge in [-0.2, -0.15) is 0 Å². The van der Waals surface area contributed by atoms with Gasteiger partial charge in [0.05, 0.1) is 17.8 Å². The summed E-state index contributed by atoms with van der Waals surface area (Å²) in [6, 6.07) is 6.32. The second kappa shape index (κ2) is 4.67. The molecule has 1 aromatic rings. The third-order valence-electron chi connectivity index (χ3n) is 3.97. The van der Waals surface area contributed by atoms with Crippen molar-refractivity contribution in [1.29, 1.82) is 0 Å². The molecule has 18 heavy (non-hydrogen) atoms. The zero-order chi connectivity index (χ0) is 13.4. The molecule has 2 rings (SSSR count). The molecule has 0 aromatic heterocycles. The predicted molar refractivity (Wildman–Crippen MR) is 73.8 cm³/mol. The van der Waals surface area contributed by atoms with Crippen LogP contribution in [0, 0.1) is 13.8 Å². The van der Waals surface area contributed by atoms with Gasteiger partial charge in [-0.05, 0) is 50.8 Å². The van der Waals surface area contributed by atoms with Crippen LogP contribution in [0.4, 0.5) is 0 Å². The number of hydrogen-bond acceptors (Lipinski definition) is 2. The lowest BCUT2D eigenvalue weighted by molar-refractivity contribution is -0.143. The molecule has 0 radical (unpaired) electrons. The molecular weight excluding hydrogens is 224 g/mol. The van der Waals surface area contributed by atoms with Crippen LogP contribution in [0.2, 0.25) is 0 Å². The molecule has 2 nitrogen and oxygen atoms in total. The minimum absolute atomic E-state index is 0.219. The second-order valence-corrected chi connectivity index (χ2v) is 6.31. The van der Waals surface area contributed by atoms with Crippen molar-refractivity contribution in [3.63, 3.8) is 0 Å². The SMILES string of the molecule is Cc1cccc(C)c1CC1(O)CCOC(C)(C)C1. The molecule has 0 spiro atoms. The smallest absolute Gasteiger partial charge is 0.0737 e. The molecule has 1 fully saturated rings. The molecule has 1 unspecified atom stereocenters. The van der Waals surface area contributed by atoms with E-state index in [1.165, 1.54) is 16.7 Å². The van der Waals surface area contributed by atoms with Crippen LogP contribution in [0.25, 0.3) is 0 Å². The Bertz CT molecular complexity index is 416. The summed E-state index contributed by atoms with van der Waals surface area (Å²) in [5.74, 6) is 0. The maximum absolute atomic E-state index is 10.8. The van der Waals surface area contributed by atoms with Gasteiger partial charge in [0.15, 0.2) is 0 Å². The van der Waals surface area contributed by atoms with Crippen LogP contribution in [0.5, 0.6) is 0 Å². The third-order valence-corrected chi connectivity index (χ3v) is 3.97. The van der Waals surface area contributed by atoms with E-state index in [2.05, 4.69) is 45.9 Å². The molecule has 1 aliphatic rings. The Balaban J connectivity index is 2.22. The van der Waals surface area contributed by atoms with Crippen LogP contribution in [-0.2, 0) is 11.2 Å². The minimum Gasteiger partial charge on any atom is -0.389 e. The summed E-state index contributed by atoms with van der Waals surface area (Å²) in [5, 5.41) is 10.8. The fourth-order valence-corrected chi connectivity index (χ4v) is 3.06. The molecule has 0 saturated carbocycles. The quantitative estimate of drug-likeness (QED) is 0.871. The lowest BCUT2D eigenvalue weighted by atomic mass is 9.78. The normalized spacial score (nSPS) is 27.2. The van der Waals surface area contributed by atoms with E-state index in [0.29, 0.717) is 13.0 Å². The summed E-state index contributed by atoms with van der Waals surface area (Å²) in [4.78, 5) is 0. The van der Waals surface area contributed by atoms with E-state index in [4.69, 9.17) is 4.74 Å². The van der Waals surface area contributed by atoms with E-state index in [1.54, 1.807) is 0 Å². The van der Waals surface area contributed by atoms with Gasteiger partial charge in [0.1, 0.15) is 0 Å². The third kappa shape index (κ3) is 2.93. The topological polar surface area (TPSA) is 29.5 Å². The van der Waals surface area contributed by atoms with Crippen LogP contribution in [0.3, 0.4) is 0 Å². The molecule has 0 bridgehead atoms. The van der Waals surface area contributed by atoms with Crippen LogP contribution < -0.4 is 0 Å². The van der Waals surface area contributed by atoms with Gasteiger partial charge in [-0.25, -0.2) is 0 Å². The Kier molecular flexibility index (Phi) is 3.52. The van der Waals surface area contributed by atoms with Gasteiger partial charge in [0.25, 0.3) is 0 Å². The highest BCUT2D eigenvalue weighted by atomic mass is 16.5. The first-order chi connectivity index (χ1) is 8.31. The Morgan fingerprint density at radius 1 is 1.22 bits per heavy atom. The van der Waals surface area contributed by atoms with Crippen LogP contribution in [-0.4, -0.2) is 22.9 Å². The summed E-state index contributed by atoms with van der Waals surface area (Å²) in [6.45, 7) is 9.00. The Hall–Kier alpha value is -0.860. The standard InChI is InChI=1S/C16H24O2/c1-12-6-5-7-13(2)14(12)10-16(17)8-9-18-15(3,4)11-16/h5-7,17H,8-11H2,1-4H3. The van der Waals surface area contributed by atoms with Crippen LogP contribution in [0.1, 0.15) is 43.4 Å². The molecule has 1 heterocycles. The van der Waals surface area contributed by atoms with E-state index in [1.807, 2.05) is 0 Å². The van der Waals surface area contributed by atoms with Crippen molar-refractivity contribution in [2.45, 2.75) is 58.2 Å². The molecule has 1 N–H and O–H groups in total. The second-order valence-electron chi connectivity index (χ2n) is 6.31. The average molecular weight is 248 g/mol. The molecule has 0 aliphatic carbocycles. The minimum atomic E-state index is -0.626. The first-order valence-corrected chi connectivity index (χ1v) is 6.73. The van der Waals surface area contributed by atoms with Crippen molar-refractivity contribution in [2.75, 3.05) is 6.61 Å². The molecule has 1 saturated heterocycles. The Morgan fingerprint density at radius 3 is 2.39 bits per heavy atom. The number of hydrogen-bond donors (Lipinski definition) is 1. The van der Waals surface area contributed by atoms with E-state index in [0.717, 1.165) is 12.8 Å². The summed E-state index contributed by atoms with van der Waals surface area (Å²) < 4.78 is 5.70. The van der Waals surface area contributed by atoms with Crippen molar-refractivity contribution in [1.82, 2.24) is 0 Å². The first-order valence-electron chi connectivity index (χ1n) is 6.73. The van der Waals surface area contributed by atoms with E-state index in [9.17, 15) is 5.11 Å². The van der Waals surface area contributed by atoms with Crippen LogP contribution in [0.15, 0.2) is 18.2 Å². The van der Waals surface area contributed by atoms with Gasteiger partial charge in [-0.1, -0.05) is 18.2 Å². The van der Waals surface area contributed by atoms with E-state index in [-0.39, 0.29) is 5.60 Å². The van der Waals surface area contributed by atoms with Gasteiger partial charge in [-0.3, -0.25) is 0 Å². The number of ether oxygens (including phenoxy) is 1. The zero-order valence-electron chi connectivity index (χ0n) is 11.9. The number of aliphatic hydroxyl groups is 1. The lowest BCUT2D eigenvalue weighted by Gasteiger charge is -2.42. The van der Waals surface area contributed by atoms with E-state index >= 15 is 0 Å². The van der Waals surface area contributed by atoms with Crippen molar-refractivity contribution in [3.8, 4) is 0 Å². The molecule has 0 amide bonds. The maximum Gasteiger partial charge on any atom is 0.0737 e. The van der Waals surface area contributed by atoms with Crippen molar-refractivity contribution in [2.24, 2.45) is 0 Å². The van der Waals surface area contributed by atoms with Crippen molar-refractivity contribution >= 4 is 0 Å². The lowest BCUT2D eigenvalue weighted by Crippen LogP contribution is -2.47. The van der Waals surface area contributed by atoms with Gasteiger partial charge in [0, 0.05) is 12.8 Å². The summed E-state index contributed by atoms with van der Waals surface area (Å²) in [5.41, 5.74) is 2.99. The van der Waals surface area contributed by atoms with Gasteiger partial charge in [-0.15, -0.1) is 0 Å². The fourth-order valence-electron chi connectivity index (χ4n) is 3.06. The highest BCUT2D eigenvalue weighted by Gasteiger charge is 2.39. The highest BCUT2D eigenvalue weighted by Crippen LogP contribution is 2.35. The fraction of sp³-hybridized carbons (Fsp3) is 0.625. The number of aryl methyl sites for hydroxylation is 2. The largest absolute Gasteiger partial charge is 0.389 e. The molecule has 1 atom stereocenters. The molecule has 1 aromatic carbocycles. The van der Waals surface area contributed by atoms with Crippen molar-refractivity contribution in [3.05, 3.63) is 34.9 Å². The first kappa shape index (κ1) is 13.6. The average Bonchev–Trinajstić information content (AvgIpc) is 2.22. The molecule has 100 valence electrons. The molecule has 1 aliphatic heterocycles. The van der Waals surface area contributed by atoms with E-state index < -0.39 is 5.60 Å². The van der Waals surface area contributed by atoms with Crippen molar-refractivity contribution < 1.29 is 9.84 Å². The summed E-state index contributed by atoms with van der Waals surface area (Å²) >= 11 is 0. The zero-order valence-corrected chi connectivity index (χ0v) is 11.9. The summed E-state index contributed by atoms with van der Waals surface area (Å²) in [7, 11) is 0. The Labute approximate surface area is 110 Å². The number of benzene rings is 1. The molecular formula is C16H24O2. The highest BCUT2D eigenvalue weighted by molar-refractivity contribution is 5.34. The summed E-state index contributed by atoms with van der Waals surface area (Å²) in [6.07, 6.45) is 2.16. The van der Waals surface area contributed by atoms with Crippen LogP contribution >= 0.6 is 0 Å². The van der Waals surface area contributed by atoms with Gasteiger partial charge >= 0.3 is 0 Å². The molecule has 2 heteroatoms. The number of rotatable bonds is 2. The predicted octanol–water partition coefficient (Wildman–Crippen LogP) is 3.17. The Morgan fingerprint density at radius 2 is 1.83 bits per heavy atom. The monoisotopic (exact) mass is 248 g/mol. The van der Waals surface area contributed by atoms with Gasteiger partial charge in [0.2, 0.25) is 0 Å². The maximum atomic E-state index is 10.8. The van der Waals surface area contributed by atoms with Gasteiger partial charge < -0.3 is 9.84 Å².